The average Bonchev–Trinajstić information content (AvgIpc) is 2.87. The van der Waals surface area contributed by atoms with Crippen molar-refractivity contribution < 1.29 is 9.53 Å². The van der Waals surface area contributed by atoms with Crippen molar-refractivity contribution >= 4 is 23.2 Å². The van der Waals surface area contributed by atoms with E-state index in [2.05, 4.69) is 15.5 Å². The molecule has 6 heteroatoms. The molecule has 1 aromatic heterocycles. The van der Waals surface area contributed by atoms with Gasteiger partial charge in [-0.25, -0.2) is 0 Å². The summed E-state index contributed by atoms with van der Waals surface area (Å²) in [6.45, 7) is 0.332. The minimum absolute atomic E-state index is 0.271. The lowest BCUT2D eigenvalue weighted by Crippen LogP contribution is -2.14. The number of amides is 1. The lowest BCUT2D eigenvalue weighted by atomic mass is 10.2. The maximum absolute atomic E-state index is 11.9. The number of H-pyrrole nitrogens is 1. The molecule has 0 aliphatic carbocycles. The largest absolute Gasteiger partial charge is 0.380 e. The van der Waals surface area contributed by atoms with Crippen LogP contribution in [0, 0.1) is 0 Å². The van der Waals surface area contributed by atoms with E-state index in [1.807, 2.05) is 0 Å². The Hall–Kier alpha value is -1.85. The van der Waals surface area contributed by atoms with Gasteiger partial charge in [-0.15, -0.1) is 0 Å². The summed E-state index contributed by atoms with van der Waals surface area (Å²) in [5, 5.41) is 9.64. The number of carbonyl (C=O) groups excluding carboxylic acids is 1. The number of ether oxygens (including phenoxy) is 1. The van der Waals surface area contributed by atoms with E-state index in [4.69, 9.17) is 16.3 Å². The third-order valence-corrected chi connectivity index (χ3v) is 2.76. The predicted molar refractivity (Wildman–Crippen MR) is 68.7 cm³/mol. The van der Waals surface area contributed by atoms with E-state index in [9.17, 15) is 4.79 Å². The third kappa shape index (κ3) is 2.69. The van der Waals surface area contributed by atoms with Gasteiger partial charge in [0.2, 0.25) is 0 Å². The fourth-order valence-corrected chi connectivity index (χ4v) is 1.77. The monoisotopic (exact) mass is 265 g/mol. The maximum atomic E-state index is 11.9. The second-order valence-electron chi connectivity index (χ2n) is 3.62. The van der Waals surface area contributed by atoms with Crippen molar-refractivity contribution in [1.82, 2.24) is 10.2 Å². The zero-order chi connectivity index (χ0) is 13.0. The normalized spacial score (nSPS) is 10.3. The lowest BCUT2D eigenvalue weighted by molar-refractivity contribution is 0.102. The molecular weight excluding hydrogens is 254 g/mol. The number of anilines is 1. The van der Waals surface area contributed by atoms with E-state index in [1.165, 1.54) is 6.20 Å². The molecule has 5 nitrogen and oxygen atoms in total. The molecule has 2 N–H and O–H groups in total. The molecule has 2 aromatic rings. The lowest BCUT2D eigenvalue weighted by Gasteiger charge is -2.11. The Morgan fingerprint density at radius 2 is 2.33 bits per heavy atom. The topological polar surface area (TPSA) is 67.0 Å². The van der Waals surface area contributed by atoms with Crippen LogP contribution in [0.1, 0.15) is 16.1 Å². The number of methoxy groups -OCH3 is 1. The van der Waals surface area contributed by atoms with E-state index in [0.29, 0.717) is 23.0 Å². The van der Waals surface area contributed by atoms with Crippen LogP contribution in [0.15, 0.2) is 30.5 Å². The van der Waals surface area contributed by atoms with Crippen LogP contribution in [0.4, 0.5) is 5.69 Å². The van der Waals surface area contributed by atoms with Gasteiger partial charge in [0.25, 0.3) is 5.91 Å². The van der Waals surface area contributed by atoms with Crippen molar-refractivity contribution in [3.8, 4) is 0 Å². The van der Waals surface area contributed by atoms with Gasteiger partial charge in [-0.2, -0.15) is 5.10 Å². The van der Waals surface area contributed by atoms with E-state index in [1.54, 1.807) is 31.4 Å². The van der Waals surface area contributed by atoms with E-state index in [-0.39, 0.29) is 5.91 Å². The molecule has 0 unspecified atom stereocenters. The van der Waals surface area contributed by atoms with Crippen LogP contribution in [0.2, 0.25) is 5.02 Å². The summed E-state index contributed by atoms with van der Waals surface area (Å²) in [4.78, 5) is 11.9. The van der Waals surface area contributed by atoms with Crippen molar-refractivity contribution in [2.24, 2.45) is 0 Å². The van der Waals surface area contributed by atoms with E-state index >= 15 is 0 Å². The summed E-state index contributed by atoms with van der Waals surface area (Å²) < 4.78 is 5.07. The number of rotatable bonds is 4. The van der Waals surface area contributed by atoms with Crippen LogP contribution in [-0.4, -0.2) is 23.2 Å². The van der Waals surface area contributed by atoms with Gasteiger partial charge < -0.3 is 10.1 Å². The molecule has 0 aliphatic heterocycles. The molecule has 0 spiro atoms. The van der Waals surface area contributed by atoms with Crippen LogP contribution in [-0.2, 0) is 11.3 Å². The second-order valence-corrected chi connectivity index (χ2v) is 4.03. The first kappa shape index (κ1) is 12.6. The standard InChI is InChI=1S/C12H12ClN3O2/c1-18-7-8-9(13)3-2-4-10(8)15-12(17)11-5-6-14-16-11/h2-6H,7H2,1H3,(H,14,16)(H,15,17). The molecule has 0 saturated carbocycles. The number of carbonyl (C=O) groups is 1. The SMILES string of the molecule is COCc1c(Cl)cccc1NC(=O)c1ccn[nH]1. The van der Waals surface area contributed by atoms with Crippen LogP contribution in [0.3, 0.4) is 0 Å². The summed E-state index contributed by atoms with van der Waals surface area (Å²) in [5.41, 5.74) is 1.76. The Morgan fingerprint density at radius 3 is 3.00 bits per heavy atom. The zero-order valence-corrected chi connectivity index (χ0v) is 10.5. The van der Waals surface area contributed by atoms with Gasteiger partial charge in [0, 0.05) is 29.6 Å². The summed E-state index contributed by atoms with van der Waals surface area (Å²) in [6.07, 6.45) is 1.52. The molecule has 2 rings (SSSR count). The summed E-state index contributed by atoms with van der Waals surface area (Å²) in [7, 11) is 1.57. The van der Waals surface area contributed by atoms with Gasteiger partial charge in [-0.05, 0) is 18.2 Å². The van der Waals surface area contributed by atoms with Gasteiger partial charge in [0.15, 0.2) is 0 Å². The summed E-state index contributed by atoms with van der Waals surface area (Å²) in [5.74, 6) is -0.271. The first-order valence-electron chi connectivity index (χ1n) is 5.29. The highest BCUT2D eigenvalue weighted by molar-refractivity contribution is 6.31. The quantitative estimate of drug-likeness (QED) is 0.892. The van der Waals surface area contributed by atoms with E-state index in [0.717, 1.165) is 5.56 Å². The molecule has 1 heterocycles. The first-order chi connectivity index (χ1) is 8.72. The molecule has 1 aromatic carbocycles. The molecule has 0 radical (unpaired) electrons. The second kappa shape index (κ2) is 5.66. The maximum Gasteiger partial charge on any atom is 0.273 e. The highest BCUT2D eigenvalue weighted by Crippen LogP contribution is 2.25. The van der Waals surface area contributed by atoms with Gasteiger partial charge >= 0.3 is 0 Å². The van der Waals surface area contributed by atoms with Crippen LogP contribution >= 0.6 is 11.6 Å². The molecule has 18 heavy (non-hydrogen) atoms. The molecule has 0 fully saturated rings. The molecule has 1 amide bonds. The summed E-state index contributed by atoms with van der Waals surface area (Å²) >= 11 is 6.07. The van der Waals surface area contributed by atoms with Crippen molar-refractivity contribution in [1.29, 1.82) is 0 Å². The van der Waals surface area contributed by atoms with Gasteiger partial charge in [-0.3, -0.25) is 9.89 Å². The van der Waals surface area contributed by atoms with Crippen LogP contribution < -0.4 is 5.32 Å². The number of benzene rings is 1. The Bertz CT molecular complexity index is 540. The first-order valence-corrected chi connectivity index (χ1v) is 5.67. The number of hydrogen-bond acceptors (Lipinski definition) is 3. The van der Waals surface area contributed by atoms with Crippen LogP contribution in [0.5, 0.6) is 0 Å². The highest BCUT2D eigenvalue weighted by atomic mass is 35.5. The van der Waals surface area contributed by atoms with Gasteiger partial charge in [0.05, 0.1) is 6.61 Å². The van der Waals surface area contributed by atoms with Crippen molar-refractivity contribution in [3.63, 3.8) is 0 Å². The smallest absolute Gasteiger partial charge is 0.273 e. The fraction of sp³-hybridized carbons (Fsp3) is 0.167. The molecular formula is C12H12ClN3O2. The third-order valence-electron chi connectivity index (χ3n) is 2.40. The number of nitrogens with zero attached hydrogens (tertiary/aromatic N) is 1. The summed E-state index contributed by atoms with van der Waals surface area (Å²) in [6, 6.07) is 6.89. The minimum Gasteiger partial charge on any atom is -0.380 e. The Balaban J connectivity index is 2.23. The predicted octanol–water partition coefficient (Wildman–Crippen LogP) is 2.46. The molecule has 94 valence electrons. The minimum atomic E-state index is -0.271. The molecule has 0 atom stereocenters. The van der Waals surface area contributed by atoms with Gasteiger partial charge in [-0.1, -0.05) is 17.7 Å². The average molecular weight is 266 g/mol. The Morgan fingerprint density at radius 1 is 1.50 bits per heavy atom. The van der Waals surface area contributed by atoms with Crippen molar-refractivity contribution in [2.75, 3.05) is 12.4 Å². The number of hydrogen-bond donors (Lipinski definition) is 2. The zero-order valence-electron chi connectivity index (χ0n) is 9.74. The molecule has 0 aliphatic rings. The Kier molecular flexibility index (Phi) is 3.96. The Labute approximate surface area is 109 Å². The number of aromatic amines is 1. The van der Waals surface area contributed by atoms with Crippen molar-refractivity contribution in [2.45, 2.75) is 6.61 Å². The number of halogens is 1. The molecule has 0 bridgehead atoms. The van der Waals surface area contributed by atoms with Gasteiger partial charge in [0.1, 0.15) is 5.69 Å². The fourth-order valence-electron chi connectivity index (χ4n) is 1.54. The van der Waals surface area contributed by atoms with Crippen molar-refractivity contribution in [3.05, 3.63) is 46.7 Å². The van der Waals surface area contributed by atoms with Crippen LogP contribution in [0.25, 0.3) is 0 Å². The highest BCUT2D eigenvalue weighted by Gasteiger charge is 2.12. The number of aromatic nitrogens is 2. The number of nitrogens with one attached hydrogen (secondary N) is 2. The van der Waals surface area contributed by atoms with E-state index < -0.39 is 0 Å². The molecule has 0 saturated heterocycles.